The summed E-state index contributed by atoms with van der Waals surface area (Å²) in [5, 5.41) is 13.6. The maximum atomic E-state index is 14.5. The second kappa shape index (κ2) is 15.6. The number of hydrogen-bond acceptors (Lipinski definition) is 5. The van der Waals surface area contributed by atoms with Gasteiger partial charge in [0.15, 0.2) is 0 Å². The molecule has 0 radical (unpaired) electrons. The van der Waals surface area contributed by atoms with Crippen LogP contribution in [0.15, 0.2) is 72.8 Å². The van der Waals surface area contributed by atoms with Crippen molar-refractivity contribution in [3.63, 3.8) is 0 Å². The van der Waals surface area contributed by atoms with Gasteiger partial charge >= 0.3 is 0 Å². The van der Waals surface area contributed by atoms with E-state index in [1.807, 2.05) is 72.8 Å². The molecule has 0 aromatic heterocycles. The summed E-state index contributed by atoms with van der Waals surface area (Å²) < 4.78 is 5.70. The Hall–Kier alpha value is -4.04. The molecule has 0 saturated carbocycles. The molecule has 1 heterocycles. The van der Waals surface area contributed by atoms with E-state index in [2.05, 4.69) is 19.2 Å². The fourth-order valence-corrected chi connectivity index (χ4v) is 5.73. The third kappa shape index (κ3) is 8.53. The fraction of sp³-hybridized carbons (Fsp3) is 0.444. The molecular weight excluding hydrogens is 552 g/mol. The molecule has 0 spiro atoms. The van der Waals surface area contributed by atoms with Crippen molar-refractivity contribution in [3.8, 4) is 0 Å². The minimum Gasteiger partial charge on any atom is -0.376 e. The van der Waals surface area contributed by atoms with Crippen molar-refractivity contribution >= 4 is 34.2 Å². The lowest BCUT2D eigenvalue weighted by atomic mass is 9.96. The van der Waals surface area contributed by atoms with Crippen LogP contribution in [0.4, 0.5) is 0 Å². The number of amides is 3. The molecule has 3 aromatic rings. The molecule has 3 aromatic carbocycles. The Kier molecular flexibility index (Phi) is 11.7. The molecule has 3 amide bonds. The van der Waals surface area contributed by atoms with Crippen LogP contribution in [0.1, 0.15) is 50.7 Å². The Morgan fingerprint density at radius 3 is 2.32 bits per heavy atom. The van der Waals surface area contributed by atoms with Crippen LogP contribution in [-0.4, -0.2) is 78.7 Å². The summed E-state index contributed by atoms with van der Waals surface area (Å²) in [5.74, 6) is -0.735. The first kappa shape index (κ1) is 32.9. The number of fused-ring (bicyclic) bond motifs is 1. The molecule has 1 aliphatic heterocycles. The summed E-state index contributed by atoms with van der Waals surface area (Å²) in [5.41, 5.74) is 1.83. The van der Waals surface area contributed by atoms with E-state index in [4.69, 9.17) is 10.1 Å². The molecule has 1 unspecified atom stereocenters. The number of carbonyl (C=O) groups excluding carboxylic acids is 3. The van der Waals surface area contributed by atoms with E-state index in [1.165, 1.54) is 9.80 Å². The van der Waals surface area contributed by atoms with Gasteiger partial charge in [0.1, 0.15) is 12.1 Å². The Morgan fingerprint density at radius 1 is 0.909 bits per heavy atom. The third-order valence-corrected chi connectivity index (χ3v) is 8.51. The zero-order valence-corrected chi connectivity index (χ0v) is 26.4. The number of benzene rings is 3. The molecule has 1 saturated heterocycles. The molecule has 0 aliphatic carbocycles. The van der Waals surface area contributed by atoms with Crippen LogP contribution < -0.4 is 5.32 Å². The number of carbonyl (C=O) groups is 3. The summed E-state index contributed by atoms with van der Waals surface area (Å²) in [6, 6.07) is 21.8. The van der Waals surface area contributed by atoms with Gasteiger partial charge in [-0.2, -0.15) is 0 Å². The molecule has 3 atom stereocenters. The molecule has 4 rings (SSSR count). The van der Waals surface area contributed by atoms with Gasteiger partial charge in [-0.15, -0.1) is 0 Å². The molecule has 44 heavy (non-hydrogen) atoms. The van der Waals surface area contributed by atoms with Gasteiger partial charge in [0.05, 0.1) is 11.8 Å². The van der Waals surface area contributed by atoms with E-state index in [0.717, 1.165) is 34.7 Å². The van der Waals surface area contributed by atoms with Crippen molar-refractivity contribution < 1.29 is 19.1 Å². The smallest absolute Gasteiger partial charge is 0.267 e. The molecule has 8 nitrogen and oxygen atoms in total. The fourth-order valence-electron chi connectivity index (χ4n) is 5.73. The minimum absolute atomic E-state index is 0.0188. The van der Waals surface area contributed by atoms with E-state index in [-0.39, 0.29) is 30.1 Å². The van der Waals surface area contributed by atoms with Crippen molar-refractivity contribution in [2.24, 2.45) is 5.92 Å². The Bertz CT molecular complexity index is 1430. The van der Waals surface area contributed by atoms with E-state index >= 15 is 0 Å². The van der Waals surface area contributed by atoms with E-state index in [0.29, 0.717) is 38.3 Å². The monoisotopic (exact) mass is 598 g/mol. The summed E-state index contributed by atoms with van der Waals surface area (Å²) in [4.78, 5) is 44.6. The standard InChI is InChI=1S/C36H46N4O4/c1-25(2)19-20-31(37)35(42)40(4)33(23-28-16-10-15-27-14-8-9-18-30(27)28)36(43)39(3)32(22-26-12-6-5-7-13-26)34(41)38-24-29-17-11-21-44-29/h5-10,12-16,18,25,29,32-33,37H,11,17,19-24H2,1-4H3,(H,38,41)/t29?,32-,33-/m1/s1. The first-order valence-electron chi connectivity index (χ1n) is 15.7. The van der Waals surface area contributed by atoms with Crippen LogP contribution in [0.3, 0.4) is 0 Å². The summed E-state index contributed by atoms with van der Waals surface area (Å²) in [6.45, 7) is 5.19. The lowest BCUT2D eigenvalue weighted by Gasteiger charge is -2.35. The molecule has 1 fully saturated rings. The molecular formula is C36H46N4O4. The van der Waals surface area contributed by atoms with Crippen LogP contribution in [0.25, 0.3) is 10.8 Å². The lowest BCUT2D eigenvalue weighted by Crippen LogP contribution is -2.57. The number of likely N-dealkylation sites (N-methyl/N-ethyl adjacent to an activating group) is 2. The maximum Gasteiger partial charge on any atom is 0.267 e. The number of ether oxygens (including phenoxy) is 1. The molecule has 234 valence electrons. The third-order valence-electron chi connectivity index (χ3n) is 8.51. The lowest BCUT2D eigenvalue weighted by molar-refractivity contribution is -0.145. The van der Waals surface area contributed by atoms with Crippen LogP contribution in [0.2, 0.25) is 0 Å². The number of rotatable bonds is 14. The van der Waals surface area contributed by atoms with Crippen LogP contribution in [-0.2, 0) is 32.0 Å². The van der Waals surface area contributed by atoms with Crippen molar-refractivity contribution in [1.82, 2.24) is 15.1 Å². The van der Waals surface area contributed by atoms with Crippen LogP contribution in [0, 0.1) is 11.3 Å². The SMILES string of the molecule is CC(C)CCC(=N)C(=O)N(C)[C@H](Cc1cccc2ccccc12)C(=O)N(C)[C@H](Cc1ccccc1)C(=O)NCC1CCCO1. The van der Waals surface area contributed by atoms with E-state index in [1.54, 1.807) is 14.1 Å². The van der Waals surface area contributed by atoms with Crippen molar-refractivity contribution in [2.45, 2.75) is 70.6 Å². The Labute approximate surface area is 261 Å². The highest BCUT2D eigenvalue weighted by Crippen LogP contribution is 2.23. The largest absolute Gasteiger partial charge is 0.376 e. The maximum absolute atomic E-state index is 14.5. The minimum atomic E-state index is -0.915. The quantitative estimate of drug-likeness (QED) is 0.254. The second-order valence-electron chi connectivity index (χ2n) is 12.2. The van der Waals surface area contributed by atoms with Gasteiger partial charge in [0, 0.05) is 40.1 Å². The first-order chi connectivity index (χ1) is 21.2. The number of hydrogen-bond donors (Lipinski definition) is 2. The summed E-state index contributed by atoms with van der Waals surface area (Å²) in [6.07, 6.45) is 3.45. The highest BCUT2D eigenvalue weighted by atomic mass is 16.5. The Morgan fingerprint density at radius 2 is 1.61 bits per heavy atom. The van der Waals surface area contributed by atoms with Crippen LogP contribution >= 0.6 is 0 Å². The molecule has 2 N–H and O–H groups in total. The second-order valence-corrected chi connectivity index (χ2v) is 12.2. The predicted molar refractivity (Wildman–Crippen MR) is 175 cm³/mol. The van der Waals surface area contributed by atoms with Gasteiger partial charge in [-0.05, 0) is 53.5 Å². The molecule has 1 aliphatic rings. The van der Waals surface area contributed by atoms with Gasteiger partial charge in [-0.3, -0.25) is 19.8 Å². The predicted octanol–water partition coefficient (Wildman–Crippen LogP) is 5.03. The summed E-state index contributed by atoms with van der Waals surface area (Å²) >= 11 is 0. The van der Waals surface area contributed by atoms with Gasteiger partial charge in [0.2, 0.25) is 11.8 Å². The highest BCUT2D eigenvalue weighted by molar-refractivity contribution is 6.37. The van der Waals surface area contributed by atoms with Crippen molar-refractivity contribution in [2.75, 3.05) is 27.2 Å². The highest BCUT2D eigenvalue weighted by Gasteiger charge is 2.36. The number of nitrogens with zero attached hydrogens (tertiary/aromatic N) is 2. The van der Waals surface area contributed by atoms with Gasteiger partial charge in [-0.1, -0.05) is 86.6 Å². The van der Waals surface area contributed by atoms with Crippen LogP contribution in [0.5, 0.6) is 0 Å². The average Bonchev–Trinajstić information content (AvgIpc) is 3.57. The normalized spacial score (nSPS) is 16.0. The average molecular weight is 599 g/mol. The zero-order chi connectivity index (χ0) is 31.6. The molecule has 0 bridgehead atoms. The van der Waals surface area contributed by atoms with Gasteiger partial charge in [-0.25, -0.2) is 0 Å². The summed E-state index contributed by atoms with van der Waals surface area (Å²) in [7, 11) is 3.23. The van der Waals surface area contributed by atoms with Crippen molar-refractivity contribution in [1.29, 1.82) is 5.41 Å². The Balaban J connectivity index is 1.64. The zero-order valence-electron chi connectivity index (χ0n) is 26.4. The van der Waals surface area contributed by atoms with Crippen molar-refractivity contribution in [3.05, 3.63) is 83.9 Å². The van der Waals surface area contributed by atoms with Gasteiger partial charge in [0.25, 0.3) is 5.91 Å². The van der Waals surface area contributed by atoms with Gasteiger partial charge < -0.3 is 19.9 Å². The van der Waals surface area contributed by atoms with E-state index < -0.39 is 18.0 Å². The topological polar surface area (TPSA) is 103 Å². The first-order valence-corrected chi connectivity index (χ1v) is 15.7. The molecule has 8 heteroatoms. The van der Waals surface area contributed by atoms with E-state index in [9.17, 15) is 14.4 Å². The number of nitrogens with one attached hydrogen (secondary N) is 2.